The lowest BCUT2D eigenvalue weighted by Crippen LogP contribution is -2.51. The van der Waals surface area contributed by atoms with Crippen LogP contribution in [-0.4, -0.2) is 72.2 Å². The Hall–Kier alpha value is -0.770. The second-order valence-corrected chi connectivity index (χ2v) is 14.6. The third kappa shape index (κ3) is 6.11. The molecule has 0 unspecified atom stereocenters. The zero-order valence-corrected chi connectivity index (χ0v) is 19.7. The summed E-state index contributed by atoms with van der Waals surface area (Å²) in [4.78, 5) is 0. The van der Waals surface area contributed by atoms with Crippen molar-refractivity contribution in [2.24, 2.45) is 0 Å². The van der Waals surface area contributed by atoms with E-state index in [0.29, 0.717) is 25.0 Å². The number of rotatable bonds is 8. The molecule has 2 atom stereocenters. The van der Waals surface area contributed by atoms with Crippen molar-refractivity contribution >= 4 is 51.7 Å². The summed E-state index contributed by atoms with van der Waals surface area (Å²) in [6.45, 7) is 1.10. The first-order chi connectivity index (χ1) is 12.3. The number of hydrogen-bond acceptors (Lipinski definition) is 8. The van der Waals surface area contributed by atoms with Gasteiger partial charge in [-0.1, -0.05) is 31.2 Å². The molecule has 0 bridgehead atoms. The first-order valence-electron chi connectivity index (χ1n) is 7.42. The average molecular weight is 497 g/mol. The molecule has 0 radical (unpaired) electrons. The van der Waals surface area contributed by atoms with Crippen molar-refractivity contribution in [3.63, 3.8) is 0 Å². The number of hydrogen-bond donors (Lipinski definition) is 0. The number of halogens is 1. The van der Waals surface area contributed by atoms with E-state index in [1.54, 1.807) is 0 Å². The zero-order valence-electron chi connectivity index (χ0n) is 15.6. The lowest BCUT2D eigenvalue weighted by Gasteiger charge is -2.36. The Morgan fingerprint density at radius 3 is 1.29 bits per heavy atom. The van der Waals surface area contributed by atoms with Crippen molar-refractivity contribution in [3.8, 4) is 0 Å². The van der Waals surface area contributed by atoms with Crippen LogP contribution < -0.4 is 0 Å². The Labute approximate surface area is 171 Å². The molecule has 10 nitrogen and oxygen atoms in total. The van der Waals surface area contributed by atoms with E-state index in [9.17, 15) is 33.7 Å². The molecule has 0 fully saturated rings. The second kappa shape index (κ2) is 8.16. The fourth-order valence-corrected chi connectivity index (χ4v) is 9.78. The maximum Gasteiger partial charge on any atom is 0.224 e. The molecule has 0 amide bonds. The molecule has 0 aliphatic rings. The van der Waals surface area contributed by atoms with Crippen LogP contribution in [-0.2, 0) is 40.1 Å². The molecule has 0 saturated carbocycles. The Balaban J connectivity index is 3.93. The van der Waals surface area contributed by atoms with Gasteiger partial charge in [0.2, 0.25) is 40.1 Å². The highest BCUT2D eigenvalue weighted by atomic mass is 35.5. The van der Waals surface area contributed by atoms with Crippen LogP contribution in [0.4, 0.5) is 0 Å². The third-order valence-electron chi connectivity index (χ3n) is 3.54. The molecular weight excluding hydrogens is 476 g/mol. The van der Waals surface area contributed by atoms with E-state index in [1.165, 1.54) is 24.3 Å². The van der Waals surface area contributed by atoms with Gasteiger partial charge >= 0.3 is 0 Å². The molecule has 1 rings (SSSR count). The first-order valence-corrected chi connectivity index (χ1v) is 15.2. The fourth-order valence-electron chi connectivity index (χ4n) is 2.86. The summed E-state index contributed by atoms with van der Waals surface area (Å²) >= 11 is 5.81. The molecule has 0 aromatic heterocycles. The third-order valence-corrected chi connectivity index (χ3v) is 10.8. The lowest BCUT2D eigenvalue weighted by molar-refractivity contribution is 0.316. The first kappa shape index (κ1) is 25.3. The molecule has 0 spiro atoms. The summed E-state index contributed by atoms with van der Waals surface area (Å²) in [6.07, 6.45) is 2.48. The molecule has 0 saturated heterocycles. The average Bonchev–Trinajstić information content (AvgIpc) is 2.39. The van der Waals surface area contributed by atoms with Crippen LogP contribution in [0.3, 0.4) is 0 Å². The van der Waals surface area contributed by atoms with E-state index in [0.717, 1.165) is 6.92 Å². The van der Waals surface area contributed by atoms with E-state index < -0.39 is 52.2 Å². The standard InChI is InChI=1S/C13H21ClN2O8S4/c1-10(15(25(2,17)18)26(3,19)20)13(11-6-8-12(14)9-7-11)16(27(4,21)22)28(5,23)24/h6-10,13H,1-5H3/t10-,13-/m1/s1. The van der Waals surface area contributed by atoms with Crippen LogP contribution in [0.5, 0.6) is 0 Å². The number of benzene rings is 1. The molecule has 0 aliphatic carbocycles. The van der Waals surface area contributed by atoms with Crippen LogP contribution in [0.25, 0.3) is 0 Å². The molecule has 1 aromatic carbocycles. The van der Waals surface area contributed by atoms with Crippen LogP contribution in [0.1, 0.15) is 18.5 Å². The van der Waals surface area contributed by atoms with Crippen molar-refractivity contribution in [3.05, 3.63) is 34.9 Å². The number of nitrogens with zero attached hydrogens (tertiary/aromatic N) is 2. The highest BCUT2D eigenvalue weighted by molar-refractivity contribution is 8.04. The SMILES string of the molecule is C[C@H]([C@H](c1ccc(Cl)cc1)N(S(C)(=O)=O)S(C)(=O)=O)N(S(C)(=O)=O)S(C)(=O)=O. The molecule has 0 aliphatic heterocycles. The molecule has 0 N–H and O–H groups in total. The summed E-state index contributed by atoms with van der Waals surface area (Å²) in [5, 5.41) is 0.253. The molecule has 0 heterocycles. The maximum atomic E-state index is 12.3. The summed E-state index contributed by atoms with van der Waals surface area (Å²) in [7, 11) is -17.7. The van der Waals surface area contributed by atoms with Crippen molar-refractivity contribution in [2.75, 3.05) is 25.0 Å². The topological polar surface area (TPSA) is 143 Å². The Morgan fingerprint density at radius 1 is 0.679 bits per heavy atom. The molecular formula is C13H21ClN2O8S4. The Morgan fingerprint density at radius 2 is 1.00 bits per heavy atom. The highest BCUT2D eigenvalue weighted by Gasteiger charge is 2.45. The van der Waals surface area contributed by atoms with E-state index in [2.05, 4.69) is 0 Å². The molecule has 1 aromatic rings. The van der Waals surface area contributed by atoms with Crippen molar-refractivity contribution < 1.29 is 33.7 Å². The van der Waals surface area contributed by atoms with Gasteiger partial charge in [0.05, 0.1) is 37.1 Å². The summed E-state index contributed by atoms with van der Waals surface area (Å²) in [5.74, 6) is 0. The second-order valence-electron chi connectivity index (χ2n) is 6.24. The fraction of sp³-hybridized carbons (Fsp3) is 0.538. The monoisotopic (exact) mass is 496 g/mol. The van der Waals surface area contributed by atoms with Crippen LogP contribution in [0.2, 0.25) is 5.02 Å². The maximum absolute atomic E-state index is 12.3. The van der Waals surface area contributed by atoms with Crippen molar-refractivity contribution in [1.29, 1.82) is 0 Å². The van der Waals surface area contributed by atoms with E-state index >= 15 is 0 Å². The van der Waals surface area contributed by atoms with Gasteiger partial charge in [-0.05, 0) is 24.6 Å². The van der Waals surface area contributed by atoms with Crippen molar-refractivity contribution in [1.82, 2.24) is 7.42 Å². The van der Waals surface area contributed by atoms with Crippen LogP contribution in [0, 0.1) is 0 Å². The molecule has 28 heavy (non-hydrogen) atoms. The quantitative estimate of drug-likeness (QED) is 0.497. The van der Waals surface area contributed by atoms with E-state index in [-0.39, 0.29) is 18.0 Å². The Bertz CT molecular complexity index is 1080. The van der Waals surface area contributed by atoms with Crippen LogP contribution in [0.15, 0.2) is 24.3 Å². The van der Waals surface area contributed by atoms with E-state index in [4.69, 9.17) is 11.6 Å². The van der Waals surface area contributed by atoms with Gasteiger partial charge in [-0.15, -0.1) is 0 Å². The minimum atomic E-state index is -4.45. The van der Waals surface area contributed by atoms with Gasteiger partial charge in [-0.25, -0.2) is 33.7 Å². The van der Waals surface area contributed by atoms with E-state index in [1.807, 2.05) is 0 Å². The summed E-state index contributed by atoms with van der Waals surface area (Å²) in [6, 6.07) is 1.92. The molecule has 162 valence electrons. The van der Waals surface area contributed by atoms with Gasteiger partial charge in [-0.3, -0.25) is 0 Å². The summed E-state index contributed by atoms with van der Waals surface area (Å²) in [5.41, 5.74) is 0.0325. The largest absolute Gasteiger partial charge is 0.224 e. The van der Waals surface area contributed by atoms with Gasteiger partial charge < -0.3 is 0 Å². The molecule has 15 heteroatoms. The summed E-state index contributed by atoms with van der Waals surface area (Å²) < 4.78 is 97.9. The predicted molar refractivity (Wildman–Crippen MR) is 107 cm³/mol. The highest BCUT2D eigenvalue weighted by Crippen LogP contribution is 2.34. The van der Waals surface area contributed by atoms with Gasteiger partial charge in [0.1, 0.15) is 0 Å². The minimum absolute atomic E-state index is 0.0325. The lowest BCUT2D eigenvalue weighted by atomic mass is 10.0. The predicted octanol–water partition coefficient (Wildman–Crippen LogP) is 0.212. The minimum Gasteiger partial charge on any atom is -0.212 e. The zero-order chi connectivity index (χ0) is 22.3. The van der Waals surface area contributed by atoms with Crippen molar-refractivity contribution in [2.45, 2.75) is 19.0 Å². The normalized spacial score (nSPS) is 16.3. The number of sulfonamides is 4. The van der Waals surface area contributed by atoms with Gasteiger partial charge in [0, 0.05) is 5.02 Å². The van der Waals surface area contributed by atoms with Crippen LogP contribution >= 0.6 is 11.6 Å². The smallest absolute Gasteiger partial charge is 0.212 e. The van der Waals surface area contributed by atoms with Gasteiger partial charge in [0.15, 0.2) is 0 Å². The van der Waals surface area contributed by atoms with Gasteiger partial charge in [0.25, 0.3) is 0 Å². The van der Waals surface area contributed by atoms with Gasteiger partial charge in [-0.2, -0.15) is 0 Å². The Kier molecular flexibility index (Phi) is 7.36.